The number of benzene rings is 2. The van der Waals surface area contributed by atoms with Crippen molar-refractivity contribution in [1.82, 2.24) is 0 Å². The molecule has 0 fully saturated rings. The SMILES string of the molecule is CC(=O)Oc1ccc(C=CC=Cc2ccccc2)cc1. The molecule has 0 aliphatic heterocycles. The van der Waals surface area contributed by atoms with E-state index in [1.165, 1.54) is 12.5 Å². The molecule has 0 atom stereocenters. The van der Waals surface area contributed by atoms with Crippen LogP contribution in [0.15, 0.2) is 66.7 Å². The lowest BCUT2D eigenvalue weighted by Crippen LogP contribution is -2.00. The van der Waals surface area contributed by atoms with E-state index in [9.17, 15) is 4.79 Å². The second-order valence-corrected chi connectivity index (χ2v) is 4.29. The number of allylic oxidation sites excluding steroid dienone is 2. The number of carbonyl (C=O) groups excluding carboxylic acids is 1. The zero-order chi connectivity index (χ0) is 14.2. The quantitative estimate of drug-likeness (QED) is 0.466. The van der Waals surface area contributed by atoms with Crippen molar-refractivity contribution in [3.63, 3.8) is 0 Å². The van der Waals surface area contributed by atoms with E-state index in [1.807, 2.05) is 54.6 Å². The normalized spacial score (nSPS) is 11.1. The fraction of sp³-hybridized carbons (Fsp3) is 0.0556. The Balaban J connectivity index is 1.94. The van der Waals surface area contributed by atoms with Crippen molar-refractivity contribution in [2.45, 2.75) is 6.92 Å². The van der Waals surface area contributed by atoms with Crippen LogP contribution < -0.4 is 4.74 Å². The molecule has 0 spiro atoms. The Morgan fingerprint density at radius 2 is 1.40 bits per heavy atom. The zero-order valence-corrected chi connectivity index (χ0v) is 11.3. The highest BCUT2D eigenvalue weighted by Gasteiger charge is 1.96. The molecular formula is C18H16O2. The van der Waals surface area contributed by atoms with Crippen LogP contribution in [0.3, 0.4) is 0 Å². The van der Waals surface area contributed by atoms with E-state index >= 15 is 0 Å². The van der Waals surface area contributed by atoms with Crippen LogP contribution in [-0.4, -0.2) is 5.97 Å². The number of ether oxygens (including phenoxy) is 1. The molecule has 20 heavy (non-hydrogen) atoms. The minimum absolute atomic E-state index is 0.306. The van der Waals surface area contributed by atoms with Gasteiger partial charge < -0.3 is 4.74 Å². The van der Waals surface area contributed by atoms with Gasteiger partial charge in [-0.3, -0.25) is 4.79 Å². The summed E-state index contributed by atoms with van der Waals surface area (Å²) in [5.41, 5.74) is 2.22. The molecule has 100 valence electrons. The van der Waals surface area contributed by atoms with Crippen LogP contribution >= 0.6 is 0 Å². The number of rotatable bonds is 4. The van der Waals surface area contributed by atoms with Gasteiger partial charge in [0.2, 0.25) is 0 Å². The largest absolute Gasteiger partial charge is 0.427 e. The van der Waals surface area contributed by atoms with Crippen LogP contribution in [0, 0.1) is 0 Å². The maximum atomic E-state index is 10.8. The average Bonchev–Trinajstić information content (AvgIpc) is 2.46. The Labute approximate surface area is 119 Å². The molecule has 2 aromatic rings. The molecule has 2 heteroatoms. The zero-order valence-electron chi connectivity index (χ0n) is 11.3. The lowest BCUT2D eigenvalue weighted by molar-refractivity contribution is -0.131. The second kappa shape index (κ2) is 7.10. The molecule has 2 rings (SSSR count). The van der Waals surface area contributed by atoms with Crippen molar-refractivity contribution < 1.29 is 9.53 Å². The third-order valence-electron chi connectivity index (χ3n) is 2.63. The fourth-order valence-corrected chi connectivity index (χ4v) is 1.71. The highest BCUT2D eigenvalue weighted by Crippen LogP contribution is 2.13. The van der Waals surface area contributed by atoms with Gasteiger partial charge in [0.15, 0.2) is 0 Å². The smallest absolute Gasteiger partial charge is 0.308 e. The molecule has 0 bridgehead atoms. The van der Waals surface area contributed by atoms with Crippen molar-refractivity contribution in [1.29, 1.82) is 0 Å². The molecule has 0 unspecified atom stereocenters. The van der Waals surface area contributed by atoms with Gasteiger partial charge in [0, 0.05) is 6.92 Å². The first-order chi connectivity index (χ1) is 9.74. The third kappa shape index (κ3) is 4.58. The van der Waals surface area contributed by atoms with E-state index in [2.05, 4.69) is 12.1 Å². The summed E-state index contributed by atoms with van der Waals surface area (Å²) in [6.07, 6.45) is 8.02. The van der Waals surface area contributed by atoms with Gasteiger partial charge in [-0.2, -0.15) is 0 Å². The summed E-state index contributed by atoms with van der Waals surface area (Å²) in [5.74, 6) is 0.258. The number of hydrogen-bond donors (Lipinski definition) is 0. The molecule has 0 heterocycles. The maximum Gasteiger partial charge on any atom is 0.308 e. The third-order valence-corrected chi connectivity index (χ3v) is 2.63. The molecule has 0 aromatic heterocycles. The van der Waals surface area contributed by atoms with Crippen molar-refractivity contribution in [3.05, 3.63) is 77.9 Å². The first-order valence-electron chi connectivity index (χ1n) is 6.42. The van der Waals surface area contributed by atoms with Gasteiger partial charge in [0.25, 0.3) is 0 Å². The van der Waals surface area contributed by atoms with E-state index in [4.69, 9.17) is 4.74 Å². The molecule has 2 aromatic carbocycles. The molecular weight excluding hydrogens is 248 g/mol. The lowest BCUT2D eigenvalue weighted by Gasteiger charge is -2.00. The predicted octanol–water partition coefficient (Wildman–Crippen LogP) is 4.34. The van der Waals surface area contributed by atoms with Crippen molar-refractivity contribution in [2.75, 3.05) is 0 Å². The fourth-order valence-electron chi connectivity index (χ4n) is 1.71. The Kier molecular flexibility index (Phi) is 4.90. The second-order valence-electron chi connectivity index (χ2n) is 4.29. The summed E-state index contributed by atoms with van der Waals surface area (Å²) in [6, 6.07) is 17.5. The molecule has 0 saturated heterocycles. The molecule has 0 aliphatic carbocycles. The lowest BCUT2D eigenvalue weighted by atomic mass is 10.2. The van der Waals surface area contributed by atoms with Gasteiger partial charge in [-0.1, -0.05) is 66.8 Å². The van der Waals surface area contributed by atoms with Crippen LogP contribution in [-0.2, 0) is 4.79 Å². The maximum absolute atomic E-state index is 10.8. The summed E-state index contributed by atoms with van der Waals surface area (Å²) >= 11 is 0. The number of esters is 1. The van der Waals surface area contributed by atoms with E-state index in [0.717, 1.165) is 5.56 Å². The Bertz CT molecular complexity index is 608. The molecule has 0 amide bonds. The van der Waals surface area contributed by atoms with Crippen LogP contribution in [0.4, 0.5) is 0 Å². The van der Waals surface area contributed by atoms with Crippen molar-refractivity contribution in [3.8, 4) is 5.75 Å². The summed E-state index contributed by atoms with van der Waals surface area (Å²) in [7, 11) is 0. The Morgan fingerprint density at radius 1 is 0.850 bits per heavy atom. The van der Waals surface area contributed by atoms with Crippen LogP contribution in [0.5, 0.6) is 5.75 Å². The summed E-state index contributed by atoms with van der Waals surface area (Å²) in [6.45, 7) is 1.39. The van der Waals surface area contributed by atoms with E-state index in [-0.39, 0.29) is 5.97 Å². The number of carbonyl (C=O) groups is 1. The first-order valence-corrected chi connectivity index (χ1v) is 6.42. The first kappa shape index (κ1) is 13.8. The minimum atomic E-state index is -0.306. The van der Waals surface area contributed by atoms with Crippen LogP contribution in [0.1, 0.15) is 18.1 Å². The van der Waals surface area contributed by atoms with Gasteiger partial charge in [0.05, 0.1) is 0 Å². The van der Waals surface area contributed by atoms with Gasteiger partial charge in [-0.25, -0.2) is 0 Å². The van der Waals surface area contributed by atoms with Crippen LogP contribution in [0.2, 0.25) is 0 Å². The molecule has 2 nitrogen and oxygen atoms in total. The predicted molar refractivity (Wildman–Crippen MR) is 82.3 cm³/mol. The monoisotopic (exact) mass is 264 g/mol. The summed E-state index contributed by atoms with van der Waals surface area (Å²) in [4.78, 5) is 10.8. The molecule has 0 N–H and O–H groups in total. The van der Waals surface area contributed by atoms with Gasteiger partial charge >= 0.3 is 5.97 Å². The summed E-state index contributed by atoms with van der Waals surface area (Å²) in [5, 5.41) is 0. The Hall–Kier alpha value is -2.61. The molecule has 0 aliphatic rings. The Morgan fingerprint density at radius 3 is 1.95 bits per heavy atom. The van der Waals surface area contributed by atoms with Gasteiger partial charge in [-0.15, -0.1) is 0 Å². The highest BCUT2D eigenvalue weighted by atomic mass is 16.5. The van der Waals surface area contributed by atoms with E-state index in [0.29, 0.717) is 5.75 Å². The van der Waals surface area contributed by atoms with Crippen molar-refractivity contribution in [2.24, 2.45) is 0 Å². The van der Waals surface area contributed by atoms with Gasteiger partial charge in [-0.05, 0) is 23.3 Å². The van der Waals surface area contributed by atoms with E-state index < -0.39 is 0 Å². The van der Waals surface area contributed by atoms with Crippen molar-refractivity contribution >= 4 is 18.1 Å². The van der Waals surface area contributed by atoms with Gasteiger partial charge in [0.1, 0.15) is 5.75 Å². The number of hydrogen-bond acceptors (Lipinski definition) is 2. The highest BCUT2D eigenvalue weighted by molar-refractivity contribution is 5.69. The standard InChI is InChI=1S/C18H16O2/c1-15(19)20-18-13-11-17(12-14-18)10-6-5-9-16-7-3-2-4-8-16/h2-14H,1H3. The summed E-state index contributed by atoms with van der Waals surface area (Å²) < 4.78 is 4.98. The molecule has 0 radical (unpaired) electrons. The molecule has 0 saturated carbocycles. The van der Waals surface area contributed by atoms with Crippen LogP contribution in [0.25, 0.3) is 12.2 Å². The average molecular weight is 264 g/mol. The van der Waals surface area contributed by atoms with E-state index in [1.54, 1.807) is 12.1 Å². The topological polar surface area (TPSA) is 26.3 Å². The minimum Gasteiger partial charge on any atom is -0.427 e.